The van der Waals surface area contributed by atoms with Gasteiger partial charge in [-0.2, -0.15) is 0 Å². The largest absolute Gasteiger partial charge is 0.457 e. The fourth-order valence-corrected chi connectivity index (χ4v) is 6.97. The van der Waals surface area contributed by atoms with Crippen LogP contribution >= 0.6 is 0 Å². The van der Waals surface area contributed by atoms with Crippen molar-refractivity contribution in [3.63, 3.8) is 0 Å². The van der Waals surface area contributed by atoms with Gasteiger partial charge in [-0.15, -0.1) is 0 Å². The normalized spacial score (nSPS) is 17.7. The van der Waals surface area contributed by atoms with E-state index in [0.717, 1.165) is 44.7 Å². The van der Waals surface area contributed by atoms with Crippen molar-refractivity contribution in [1.29, 1.82) is 0 Å². The lowest BCUT2D eigenvalue weighted by molar-refractivity contribution is -0.253. The highest BCUT2D eigenvalue weighted by molar-refractivity contribution is 5.89. The summed E-state index contributed by atoms with van der Waals surface area (Å²) >= 11 is 0. The molecule has 2 amide bonds. The molecule has 6 aromatic rings. The van der Waals surface area contributed by atoms with Crippen LogP contribution in [0.5, 0.6) is 11.5 Å². The monoisotopic (exact) mass is 763 g/mol. The van der Waals surface area contributed by atoms with Gasteiger partial charge in [0, 0.05) is 36.8 Å². The Labute approximate surface area is 334 Å². The van der Waals surface area contributed by atoms with Crippen molar-refractivity contribution < 1.29 is 29.2 Å². The molecule has 1 aliphatic rings. The highest BCUT2D eigenvalue weighted by atomic mass is 16.7. The fraction of sp³-hybridized carbons (Fsp3) is 0.229. The number of carbonyl (C=O) groups excluding carboxylic acids is 1. The SMILES string of the molecule is C[C@@H]([C@H](O)c1ccccc1)N(C)C[C@@H]1C[C@H](c2ccc(CO)cc2)O[C@H](c2ccc(-c3cccc(CNC(=O)Nc4ccc(Oc5ccccc5)cc4)c3)cc2)O1. The number of carbonyl (C=O) groups is 1. The summed E-state index contributed by atoms with van der Waals surface area (Å²) in [5.41, 5.74) is 7.31. The zero-order valence-corrected chi connectivity index (χ0v) is 32.2. The minimum Gasteiger partial charge on any atom is -0.457 e. The van der Waals surface area contributed by atoms with Gasteiger partial charge in [0.25, 0.3) is 0 Å². The predicted octanol–water partition coefficient (Wildman–Crippen LogP) is 9.56. The molecule has 0 spiro atoms. The Balaban J connectivity index is 0.982. The summed E-state index contributed by atoms with van der Waals surface area (Å²) in [5, 5.41) is 26.6. The second-order valence-electron chi connectivity index (χ2n) is 14.5. The maximum absolute atomic E-state index is 12.7. The molecule has 1 heterocycles. The number of rotatable bonds is 14. The van der Waals surface area contributed by atoms with Gasteiger partial charge in [-0.3, -0.25) is 4.90 Å². The first-order chi connectivity index (χ1) is 27.8. The van der Waals surface area contributed by atoms with Crippen LogP contribution in [0.3, 0.4) is 0 Å². The molecule has 1 aliphatic heterocycles. The second kappa shape index (κ2) is 18.9. The number of likely N-dealkylation sites (N-methyl/N-ethyl adjacent to an activating group) is 1. The van der Waals surface area contributed by atoms with Crippen LogP contribution in [0.25, 0.3) is 11.1 Å². The molecule has 6 aromatic carbocycles. The number of amides is 2. The van der Waals surface area contributed by atoms with Crippen LogP contribution in [-0.4, -0.2) is 46.9 Å². The number of ether oxygens (including phenoxy) is 3. The first-order valence-electron chi connectivity index (χ1n) is 19.3. The molecule has 9 nitrogen and oxygen atoms in total. The van der Waals surface area contributed by atoms with Gasteiger partial charge in [0.1, 0.15) is 11.5 Å². The van der Waals surface area contributed by atoms with E-state index >= 15 is 0 Å². The molecule has 9 heteroatoms. The van der Waals surface area contributed by atoms with E-state index in [1.165, 1.54) is 0 Å². The quantitative estimate of drug-likeness (QED) is 0.0875. The molecule has 0 aromatic heterocycles. The van der Waals surface area contributed by atoms with Gasteiger partial charge < -0.3 is 35.1 Å². The van der Waals surface area contributed by atoms with Crippen LogP contribution in [0.15, 0.2) is 158 Å². The van der Waals surface area contributed by atoms with Crippen molar-refractivity contribution in [2.75, 3.05) is 18.9 Å². The van der Waals surface area contributed by atoms with Crippen LogP contribution in [0, 0.1) is 0 Å². The Hall–Kier alpha value is -5.81. The Kier molecular flexibility index (Phi) is 13.1. The number of benzene rings is 6. The number of aliphatic hydroxyl groups excluding tert-OH is 2. The van der Waals surface area contributed by atoms with Crippen LogP contribution in [-0.2, 0) is 22.6 Å². The van der Waals surface area contributed by atoms with E-state index in [9.17, 15) is 15.0 Å². The van der Waals surface area contributed by atoms with E-state index in [-0.39, 0.29) is 30.9 Å². The number of urea groups is 1. The molecule has 57 heavy (non-hydrogen) atoms. The number of hydrogen-bond donors (Lipinski definition) is 4. The van der Waals surface area contributed by atoms with E-state index in [1.807, 2.05) is 141 Å². The average molecular weight is 764 g/mol. The van der Waals surface area contributed by atoms with E-state index < -0.39 is 12.4 Å². The molecule has 5 atom stereocenters. The number of hydrogen-bond acceptors (Lipinski definition) is 7. The Morgan fingerprint density at radius 1 is 0.754 bits per heavy atom. The van der Waals surface area contributed by atoms with Crippen molar-refractivity contribution >= 4 is 11.7 Å². The molecular weight excluding hydrogens is 715 g/mol. The molecule has 1 saturated heterocycles. The molecule has 1 fully saturated rings. The standard InChI is InChI=1S/C48H49N3O6/c1-33(46(53)38-11-5-3-6-12-38)51(2)31-44-29-45(37-18-16-34(32-52)17-19-37)57-47(56-44)39-22-20-36(21-23-39)40-13-9-10-35(28-40)30-49-48(54)50-41-24-26-43(27-25-41)55-42-14-7-4-8-15-42/h3-28,33,44-47,52-53H,29-32H2,1-2H3,(H2,49,50,54)/t33-,44-,45+,46-,47+/m0/s1. The second-order valence-corrected chi connectivity index (χ2v) is 14.5. The van der Waals surface area contributed by atoms with E-state index in [0.29, 0.717) is 30.9 Å². The van der Waals surface area contributed by atoms with Gasteiger partial charge in [0.15, 0.2) is 6.29 Å². The summed E-state index contributed by atoms with van der Waals surface area (Å²) in [5.74, 6) is 1.43. The lowest BCUT2D eigenvalue weighted by Gasteiger charge is -2.39. The summed E-state index contributed by atoms with van der Waals surface area (Å²) in [6.07, 6.45) is -1.00. The summed E-state index contributed by atoms with van der Waals surface area (Å²) in [4.78, 5) is 14.9. The van der Waals surface area contributed by atoms with Crippen LogP contribution in [0.2, 0.25) is 0 Å². The number of nitrogens with one attached hydrogen (secondary N) is 2. The van der Waals surface area contributed by atoms with Crippen LogP contribution in [0.4, 0.5) is 10.5 Å². The minimum absolute atomic E-state index is 0.0186. The smallest absolute Gasteiger partial charge is 0.319 e. The molecule has 292 valence electrons. The van der Waals surface area contributed by atoms with Crippen LogP contribution in [0.1, 0.15) is 59.7 Å². The van der Waals surface area contributed by atoms with Crippen molar-refractivity contribution in [2.45, 2.75) is 57.1 Å². The van der Waals surface area contributed by atoms with Gasteiger partial charge in [-0.05, 0) is 89.8 Å². The Morgan fingerprint density at radius 3 is 2.12 bits per heavy atom. The van der Waals surface area contributed by atoms with Crippen molar-refractivity contribution in [1.82, 2.24) is 10.2 Å². The van der Waals surface area contributed by atoms with E-state index in [4.69, 9.17) is 14.2 Å². The molecular formula is C48H49N3O6. The summed E-state index contributed by atoms with van der Waals surface area (Å²) in [6, 6.07) is 50.2. The Bertz CT molecular complexity index is 2170. The third-order valence-corrected chi connectivity index (χ3v) is 10.4. The van der Waals surface area contributed by atoms with E-state index in [1.54, 1.807) is 12.1 Å². The maximum Gasteiger partial charge on any atom is 0.319 e. The summed E-state index contributed by atoms with van der Waals surface area (Å²) in [6.45, 7) is 2.97. The predicted molar refractivity (Wildman–Crippen MR) is 223 cm³/mol. The molecule has 0 saturated carbocycles. The molecule has 7 rings (SSSR count). The first kappa shape index (κ1) is 39.4. The number of aliphatic hydroxyl groups is 2. The lowest BCUT2D eigenvalue weighted by atomic mass is 9.98. The Morgan fingerprint density at radius 2 is 1.42 bits per heavy atom. The number of anilines is 1. The van der Waals surface area contributed by atoms with Gasteiger partial charge in [-0.1, -0.05) is 115 Å². The fourth-order valence-electron chi connectivity index (χ4n) is 6.97. The summed E-state index contributed by atoms with van der Waals surface area (Å²) < 4.78 is 19.1. The average Bonchev–Trinajstić information content (AvgIpc) is 3.26. The molecule has 0 bridgehead atoms. The van der Waals surface area contributed by atoms with Crippen molar-refractivity contribution in [2.24, 2.45) is 0 Å². The third-order valence-electron chi connectivity index (χ3n) is 10.4. The van der Waals surface area contributed by atoms with Gasteiger partial charge in [0.05, 0.1) is 24.9 Å². The van der Waals surface area contributed by atoms with Gasteiger partial charge in [0.2, 0.25) is 0 Å². The first-order valence-corrected chi connectivity index (χ1v) is 19.3. The summed E-state index contributed by atoms with van der Waals surface area (Å²) in [7, 11) is 2.02. The van der Waals surface area contributed by atoms with Crippen molar-refractivity contribution in [3.8, 4) is 22.6 Å². The van der Waals surface area contributed by atoms with Gasteiger partial charge in [-0.25, -0.2) is 4.79 Å². The minimum atomic E-state index is -0.641. The molecule has 4 N–H and O–H groups in total. The molecule has 0 aliphatic carbocycles. The topological polar surface area (TPSA) is 113 Å². The van der Waals surface area contributed by atoms with Gasteiger partial charge >= 0.3 is 6.03 Å². The third kappa shape index (κ3) is 10.5. The van der Waals surface area contributed by atoms with E-state index in [2.05, 4.69) is 33.7 Å². The zero-order valence-electron chi connectivity index (χ0n) is 32.2. The van der Waals surface area contributed by atoms with Crippen LogP contribution < -0.4 is 15.4 Å². The molecule has 0 unspecified atom stereocenters. The maximum atomic E-state index is 12.7. The van der Waals surface area contributed by atoms with Crippen molar-refractivity contribution in [3.05, 3.63) is 186 Å². The highest BCUT2D eigenvalue weighted by Gasteiger charge is 2.34. The number of para-hydroxylation sites is 1. The number of nitrogens with zero attached hydrogens (tertiary/aromatic N) is 1. The molecule has 0 radical (unpaired) electrons. The highest BCUT2D eigenvalue weighted by Crippen LogP contribution is 2.39. The lowest BCUT2D eigenvalue weighted by Crippen LogP contribution is -2.43. The zero-order chi connectivity index (χ0) is 39.6.